The summed E-state index contributed by atoms with van der Waals surface area (Å²) in [4.78, 5) is 0. The second-order valence-corrected chi connectivity index (χ2v) is 3.15. The summed E-state index contributed by atoms with van der Waals surface area (Å²) in [6.07, 6.45) is 0. The highest BCUT2D eigenvalue weighted by Gasteiger charge is 2.07. The molecule has 1 N–H and O–H groups in total. The molecule has 0 fully saturated rings. The number of benzene rings is 1. The molecular formula is C9H9ClN2O. The van der Waals surface area contributed by atoms with Gasteiger partial charge in [-0.15, -0.1) is 0 Å². The molecule has 0 saturated carbocycles. The lowest BCUT2D eigenvalue weighted by atomic mass is 10.1. The number of ether oxygens (including phenoxy) is 1. The Kier molecular flexibility index (Phi) is 2.47. The van der Waals surface area contributed by atoms with Crippen molar-refractivity contribution in [2.75, 3.05) is 13.3 Å². The highest BCUT2D eigenvalue weighted by atomic mass is 35.5. The molecule has 3 nitrogen and oxygen atoms in total. The molecule has 0 unspecified atom stereocenters. The maximum Gasteiger partial charge on any atom is 0.132 e. The van der Waals surface area contributed by atoms with Gasteiger partial charge in [-0.05, 0) is 12.1 Å². The van der Waals surface area contributed by atoms with Crippen LogP contribution in [0.2, 0.25) is 5.02 Å². The summed E-state index contributed by atoms with van der Waals surface area (Å²) in [5.74, 6) is 0. The van der Waals surface area contributed by atoms with Gasteiger partial charge in [0.25, 0.3) is 0 Å². The molecule has 2 rings (SSSR count). The summed E-state index contributed by atoms with van der Waals surface area (Å²) in [6.45, 7) is 1.03. The number of halogens is 1. The molecule has 0 amide bonds. The lowest BCUT2D eigenvalue weighted by molar-refractivity contribution is 0.140. The number of hydrazone groups is 1. The van der Waals surface area contributed by atoms with Crippen LogP contribution in [-0.4, -0.2) is 19.0 Å². The average molecular weight is 197 g/mol. The van der Waals surface area contributed by atoms with E-state index in [1.165, 1.54) is 0 Å². The summed E-state index contributed by atoms with van der Waals surface area (Å²) in [5.41, 5.74) is 4.72. The Morgan fingerprint density at radius 1 is 1.31 bits per heavy atom. The van der Waals surface area contributed by atoms with Crippen molar-refractivity contribution in [1.82, 2.24) is 5.43 Å². The molecule has 1 heterocycles. The van der Waals surface area contributed by atoms with E-state index in [4.69, 9.17) is 16.3 Å². The molecule has 1 aliphatic rings. The van der Waals surface area contributed by atoms with Gasteiger partial charge in [0, 0.05) is 10.6 Å². The van der Waals surface area contributed by atoms with Crippen molar-refractivity contribution >= 4 is 17.3 Å². The number of nitrogens with one attached hydrogen (secondary N) is 1. The molecule has 0 saturated heterocycles. The van der Waals surface area contributed by atoms with Gasteiger partial charge in [0.2, 0.25) is 0 Å². The van der Waals surface area contributed by atoms with Gasteiger partial charge in [-0.1, -0.05) is 23.7 Å². The van der Waals surface area contributed by atoms with Crippen LogP contribution in [0.3, 0.4) is 0 Å². The van der Waals surface area contributed by atoms with Crippen LogP contribution < -0.4 is 5.43 Å². The summed E-state index contributed by atoms with van der Waals surface area (Å²) >= 11 is 5.76. The quantitative estimate of drug-likeness (QED) is 0.741. The second kappa shape index (κ2) is 3.77. The fraction of sp³-hybridized carbons (Fsp3) is 0.222. The standard InChI is InChI=1S/C9H9ClN2O/c10-8-3-1-7(2-4-8)9-5-13-6-11-12-9/h1-4,11H,5-6H2. The minimum Gasteiger partial charge on any atom is -0.353 e. The number of hydrogen-bond donors (Lipinski definition) is 1. The van der Waals surface area contributed by atoms with Crippen molar-refractivity contribution < 1.29 is 4.74 Å². The van der Waals surface area contributed by atoms with Crippen molar-refractivity contribution in [3.63, 3.8) is 0 Å². The zero-order valence-electron chi connectivity index (χ0n) is 6.96. The SMILES string of the molecule is Clc1ccc(C2=NNCOC2)cc1. The molecule has 1 aromatic carbocycles. The van der Waals surface area contributed by atoms with Crippen LogP contribution in [0.1, 0.15) is 5.56 Å². The van der Waals surface area contributed by atoms with Crippen LogP contribution in [0.5, 0.6) is 0 Å². The molecular weight excluding hydrogens is 188 g/mol. The smallest absolute Gasteiger partial charge is 0.132 e. The van der Waals surface area contributed by atoms with Crippen LogP contribution in [0, 0.1) is 0 Å². The van der Waals surface area contributed by atoms with Gasteiger partial charge in [-0.2, -0.15) is 5.10 Å². The molecule has 0 aliphatic carbocycles. The summed E-state index contributed by atoms with van der Waals surface area (Å²) < 4.78 is 5.19. The van der Waals surface area contributed by atoms with Crippen LogP contribution >= 0.6 is 11.6 Å². The molecule has 0 bridgehead atoms. The zero-order valence-corrected chi connectivity index (χ0v) is 7.71. The molecule has 13 heavy (non-hydrogen) atoms. The van der Waals surface area contributed by atoms with Crippen LogP contribution in [0.25, 0.3) is 0 Å². The summed E-state index contributed by atoms with van der Waals surface area (Å²) in [5, 5.41) is 4.86. The van der Waals surface area contributed by atoms with E-state index in [0.717, 1.165) is 16.3 Å². The molecule has 1 aromatic rings. The fourth-order valence-electron chi connectivity index (χ4n) is 1.14. The van der Waals surface area contributed by atoms with Crippen molar-refractivity contribution in [1.29, 1.82) is 0 Å². The van der Waals surface area contributed by atoms with Crippen molar-refractivity contribution in [2.45, 2.75) is 0 Å². The Labute approximate surface area is 81.4 Å². The first-order valence-corrected chi connectivity index (χ1v) is 4.37. The van der Waals surface area contributed by atoms with Gasteiger partial charge >= 0.3 is 0 Å². The van der Waals surface area contributed by atoms with E-state index in [0.29, 0.717) is 13.3 Å². The lowest BCUT2D eigenvalue weighted by Gasteiger charge is -2.13. The maximum atomic E-state index is 5.76. The van der Waals surface area contributed by atoms with E-state index in [-0.39, 0.29) is 0 Å². The zero-order chi connectivity index (χ0) is 9.10. The number of nitrogens with zero attached hydrogens (tertiary/aromatic N) is 1. The maximum absolute atomic E-state index is 5.76. The van der Waals surface area contributed by atoms with Crippen molar-refractivity contribution in [3.8, 4) is 0 Å². The van der Waals surface area contributed by atoms with Crippen LogP contribution in [0.15, 0.2) is 29.4 Å². The van der Waals surface area contributed by atoms with E-state index in [2.05, 4.69) is 10.5 Å². The summed E-state index contributed by atoms with van der Waals surface area (Å²) in [7, 11) is 0. The van der Waals surface area contributed by atoms with Gasteiger partial charge in [-0.25, -0.2) is 0 Å². The molecule has 0 radical (unpaired) electrons. The summed E-state index contributed by atoms with van der Waals surface area (Å²) in [6, 6.07) is 7.54. The topological polar surface area (TPSA) is 33.6 Å². The molecule has 0 aromatic heterocycles. The van der Waals surface area contributed by atoms with E-state index in [1.807, 2.05) is 24.3 Å². The Balaban J connectivity index is 2.24. The number of rotatable bonds is 1. The van der Waals surface area contributed by atoms with E-state index < -0.39 is 0 Å². The van der Waals surface area contributed by atoms with Gasteiger partial charge in [0.15, 0.2) is 0 Å². The monoisotopic (exact) mass is 196 g/mol. The first-order chi connectivity index (χ1) is 6.36. The third-order valence-corrected chi connectivity index (χ3v) is 2.05. The average Bonchev–Trinajstić information content (AvgIpc) is 2.20. The Hall–Kier alpha value is -1.06. The first-order valence-electron chi connectivity index (χ1n) is 3.99. The molecule has 0 spiro atoms. The van der Waals surface area contributed by atoms with E-state index >= 15 is 0 Å². The predicted octanol–water partition coefficient (Wildman–Crippen LogP) is 1.62. The molecule has 1 aliphatic heterocycles. The van der Waals surface area contributed by atoms with E-state index in [9.17, 15) is 0 Å². The van der Waals surface area contributed by atoms with Gasteiger partial charge < -0.3 is 4.74 Å². The Morgan fingerprint density at radius 2 is 2.08 bits per heavy atom. The molecule has 0 atom stereocenters. The molecule has 4 heteroatoms. The lowest BCUT2D eigenvalue weighted by Crippen LogP contribution is -2.26. The molecule has 68 valence electrons. The third kappa shape index (κ3) is 1.99. The van der Waals surface area contributed by atoms with Crippen LogP contribution in [0.4, 0.5) is 0 Å². The van der Waals surface area contributed by atoms with Gasteiger partial charge in [-0.3, -0.25) is 5.43 Å². The number of hydrogen-bond acceptors (Lipinski definition) is 3. The van der Waals surface area contributed by atoms with Crippen molar-refractivity contribution in [2.24, 2.45) is 5.10 Å². The Bertz CT molecular complexity index is 321. The highest BCUT2D eigenvalue weighted by Crippen LogP contribution is 2.11. The largest absolute Gasteiger partial charge is 0.353 e. The third-order valence-electron chi connectivity index (χ3n) is 1.80. The highest BCUT2D eigenvalue weighted by molar-refractivity contribution is 6.30. The van der Waals surface area contributed by atoms with Crippen molar-refractivity contribution in [3.05, 3.63) is 34.9 Å². The minimum absolute atomic E-state index is 0.483. The minimum atomic E-state index is 0.483. The fourth-order valence-corrected chi connectivity index (χ4v) is 1.27. The predicted molar refractivity (Wildman–Crippen MR) is 51.9 cm³/mol. The second-order valence-electron chi connectivity index (χ2n) is 2.72. The Morgan fingerprint density at radius 3 is 2.69 bits per heavy atom. The van der Waals surface area contributed by atoms with E-state index in [1.54, 1.807) is 0 Å². The first kappa shape index (κ1) is 8.53. The normalized spacial score (nSPS) is 16.2. The van der Waals surface area contributed by atoms with Gasteiger partial charge in [0.05, 0.1) is 12.3 Å². The van der Waals surface area contributed by atoms with Gasteiger partial charge in [0.1, 0.15) is 6.73 Å². The van der Waals surface area contributed by atoms with Crippen LogP contribution in [-0.2, 0) is 4.74 Å².